The molecule has 0 radical (unpaired) electrons. The van der Waals surface area contributed by atoms with Crippen molar-refractivity contribution in [2.75, 3.05) is 19.7 Å². The van der Waals surface area contributed by atoms with E-state index in [0.29, 0.717) is 12.5 Å². The Labute approximate surface area is 196 Å². The number of hydrogen-bond acceptors (Lipinski definition) is 5. The number of unbranched alkanes of at least 4 members (excludes halogenated alkanes) is 1. The number of aliphatic carboxylic acids is 1. The molecule has 2 fully saturated rings. The van der Waals surface area contributed by atoms with Crippen LogP contribution in [-0.2, 0) is 28.8 Å². The maximum atomic E-state index is 12.2. The minimum atomic E-state index is -0.789. The van der Waals surface area contributed by atoms with Gasteiger partial charge in [0.15, 0.2) is 0 Å². The molecule has 3 heterocycles. The summed E-state index contributed by atoms with van der Waals surface area (Å²) in [6.45, 7) is 2.14. The minimum Gasteiger partial charge on any atom is -0.480 e. The molecule has 2 aromatic rings. The number of likely N-dealkylation sites (tertiary alicyclic amines) is 1. The standard InChI is InChI=1S/C27H35N3O3/c31-27(32)26(23-8-5-15-28-25(23)20-10-11-20)30-16-14-22(18-30)33-17-4-3-7-21-13-12-19-6-1-2-9-24(19)29-21/h5,8,12-13,15,20,22,26H,1-4,6-7,9-11,14,16-18H2,(H,31,32)/t22-,26?/m1/s1. The Hall–Kier alpha value is -2.31. The number of aromatic nitrogens is 2. The van der Waals surface area contributed by atoms with Crippen LogP contribution in [0.3, 0.4) is 0 Å². The first kappa shape index (κ1) is 22.5. The lowest BCUT2D eigenvalue weighted by Crippen LogP contribution is -2.34. The van der Waals surface area contributed by atoms with Gasteiger partial charge in [-0.2, -0.15) is 0 Å². The Balaban J connectivity index is 1.08. The van der Waals surface area contributed by atoms with Crippen molar-refractivity contribution in [1.29, 1.82) is 0 Å². The highest BCUT2D eigenvalue weighted by atomic mass is 16.5. The maximum absolute atomic E-state index is 12.2. The first-order valence-corrected chi connectivity index (χ1v) is 12.7. The first-order chi connectivity index (χ1) is 16.2. The minimum absolute atomic E-state index is 0.106. The summed E-state index contributed by atoms with van der Waals surface area (Å²) in [4.78, 5) is 23.7. The molecule has 33 heavy (non-hydrogen) atoms. The van der Waals surface area contributed by atoms with Gasteiger partial charge in [0.25, 0.3) is 0 Å². The molecule has 2 aliphatic carbocycles. The Bertz CT molecular complexity index is 975. The van der Waals surface area contributed by atoms with Crippen LogP contribution < -0.4 is 0 Å². The quantitative estimate of drug-likeness (QED) is 0.539. The molecule has 2 aromatic heterocycles. The molecule has 0 aromatic carbocycles. The van der Waals surface area contributed by atoms with Gasteiger partial charge in [-0.3, -0.25) is 19.7 Å². The monoisotopic (exact) mass is 449 g/mol. The van der Waals surface area contributed by atoms with Crippen LogP contribution in [0.1, 0.15) is 85.1 Å². The predicted octanol–water partition coefficient (Wildman–Crippen LogP) is 4.47. The Morgan fingerprint density at radius 3 is 2.88 bits per heavy atom. The first-order valence-electron chi connectivity index (χ1n) is 12.7. The molecule has 3 aliphatic rings. The van der Waals surface area contributed by atoms with Gasteiger partial charge >= 0.3 is 5.97 Å². The van der Waals surface area contributed by atoms with Crippen LogP contribution >= 0.6 is 0 Å². The van der Waals surface area contributed by atoms with Gasteiger partial charge in [-0.15, -0.1) is 0 Å². The second kappa shape index (κ2) is 10.3. The van der Waals surface area contributed by atoms with E-state index < -0.39 is 12.0 Å². The van der Waals surface area contributed by atoms with Crippen molar-refractivity contribution in [2.24, 2.45) is 0 Å². The number of pyridine rings is 2. The number of nitrogens with zero attached hydrogens (tertiary/aromatic N) is 3. The van der Waals surface area contributed by atoms with Crippen molar-refractivity contribution in [3.63, 3.8) is 0 Å². The van der Waals surface area contributed by atoms with Crippen molar-refractivity contribution in [1.82, 2.24) is 14.9 Å². The summed E-state index contributed by atoms with van der Waals surface area (Å²) in [6.07, 6.45) is 12.9. The van der Waals surface area contributed by atoms with Crippen molar-refractivity contribution in [3.05, 3.63) is 58.7 Å². The van der Waals surface area contributed by atoms with Crippen molar-refractivity contribution in [3.8, 4) is 0 Å². The van der Waals surface area contributed by atoms with Crippen LogP contribution in [0.15, 0.2) is 30.5 Å². The predicted molar refractivity (Wildman–Crippen MR) is 126 cm³/mol. The van der Waals surface area contributed by atoms with E-state index in [2.05, 4.69) is 22.0 Å². The molecule has 2 atom stereocenters. The van der Waals surface area contributed by atoms with E-state index in [1.54, 1.807) is 6.20 Å². The summed E-state index contributed by atoms with van der Waals surface area (Å²) in [5, 5.41) is 10.0. The highest BCUT2D eigenvalue weighted by Gasteiger charge is 2.38. The third-order valence-corrected chi connectivity index (χ3v) is 7.32. The molecule has 6 heteroatoms. The van der Waals surface area contributed by atoms with Crippen molar-refractivity contribution >= 4 is 5.97 Å². The van der Waals surface area contributed by atoms with E-state index in [1.807, 2.05) is 12.1 Å². The van der Waals surface area contributed by atoms with E-state index >= 15 is 0 Å². The van der Waals surface area contributed by atoms with E-state index in [1.165, 1.54) is 36.2 Å². The lowest BCUT2D eigenvalue weighted by molar-refractivity contribution is -0.143. The van der Waals surface area contributed by atoms with E-state index in [-0.39, 0.29) is 6.10 Å². The van der Waals surface area contributed by atoms with Gasteiger partial charge in [-0.25, -0.2) is 0 Å². The zero-order valence-electron chi connectivity index (χ0n) is 19.4. The largest absolute Gasteiger partial charge is 0.480 e. The highest BCUT2D eigenvalue weighted by molar-refractivity contribution is 5.76. The molecule has 5 rings (SSSR count). The normalized spacial score (nSPS) is 21.6. The SMILES string of the molecule is O=C(O)C(c1cccnc1C1CC1)N1CC[C@@H](OCCCCc2ccc3c(n2)CCCC3)C1. The Kier molecular flexibility index (Phi) is 7.02. The molecule has 0 bridgehead atoms. The fraction of sp³-hybridized carbons (Fsp3) is 0.593. The number of ether oxygens (including phenoxy) is 1. The van der Waals surface area contributed by atoms with Crippen LogP contribution in [0.25, 0.3) is 0 Å². The van der Waals surface area contributed by atoms with Crippen LogP contribution in [0.2, 0.25) is 0 Å². The maximum Gasteiger partial charge on any atom is 0.325 e. The van der Waals surface area contributed by atoms with Crippen LogP contribution in [0.4, 0.5) is 0 Å². The van der Waals surface area contributed by atoms with Gasteiger partial charge in [0, 0.05) is 54.5 Å². The number of fused-ring (bicyclic) bond motifs is 1. The average molecular weight is 450 g/mol. The molecule has 1 aliphatic heterocycles. The number of carboxylic acids is 1. The molecule has 1 saturated carbocycles. The Morgan fingerprint density at radius 2 is 2.03 bits per heavy atom. The number of hydrogen-bond donors (Lipinski definition) is 1. The third kappa shape index (κ3) is 5.44. The molecular weight excluding hydrogens is 414 g/mol. The second-order valence-corrected chi connectivity index (χ2v) is 9.84. The van der Waals surface area contributed by atoms with Gasteiger partial charge in [0.1, 0.15) is 6.04 Å². The highest BCUT2D eigenvalue weighted by Crippen LogP contribution is 2.43. The third-order valence-electron chi connectivity index (χ3n) is 7.32. The van der Waals surface area contributed by atoms with Crippen LogP contribution in [-0.4, -0.2) is 51.7 Å². The number of rotatable bonds is 10. The summed E-state index contributed by atoms with van der Waals surface area (Å²) >= 11 is 0. The van der Waals surface area contributed by atoms with Gasteiger partial charge in [0.2, 0.25) is 0 Å². The van der Waals surface area contributed by atoms with Crippen molar-refractivity contribution in [2.45, 2.75) is 82.3 Å². The molecule has 6 nitrogen and oxygen atoms in total. The van der Waals surface area contributed by atoms with E-state index in [0.717, 1.165) is 69.4 Å². The number of carbonyl (C=O) groups is 1. The molecular formula is C27H35N3O3. The second-order valence-electron chi connectivity index (χ2n) is 9.84. The van der Waals surface area contributed by atoms with E-state index in [4.69, 9.17) is 9.72 Å². The zero-order valence-corrected chi connectivity index (χ0v) is 19.4. The fourth-order valence-electron chi connectivity index (χ4n) is 5.39. The molecule has 0 amide bonds. The lowest BCUT2D eigenvalue weighted by atomic mass is 9.95. The summed E-state index contributed by atoms with van der Waals surface area (Å²) in [7, 11) is 0. The fourth-order valence-corrected chi connectivity index (χ4v) is 5.39. The summed E-state index contributed by atoms with van der Waals surface area (Å²) < 4.78 is 6.15. The number of aryl methyl sites for hydroxylation is 3. The summed E-state index contributed by atoms with van der Waals surface area (Å²) in [5.41, 5.74) is 5.80. The molecule has 1 N–H and O–H groups in total. The zero-order chi connectivity index (χ0) is 22.6. The molecule has 1 unspecified atom stereocenters. The van der Waals surface area contributed by atoms with Crippen molar-refractivity contribution < 1.29 is 14.6 Å². The topological polar surface area (TPSA) is 75.5 Å². The van der Waals surface area contributed by atoms with Gasteiger partial charge < -0.3 is 9.84 Å². The molecule has 0 spiro atoms. The Morgan fingerprint density at radius 1 is 1.15 bits per heavy atom. The van der Waals surface area contributed by atoms with Gasteiger partial charge in [-0.1, -0.05) is 12.1 Å². The van der Waals surface area contributed by atoms with Crippen LogP contribution in [0, 0.1) is 0 Å². The molecule has 176 valence electrons. The summed E-state index contributed by atoms with van der Waals surface area (Å²) in [5.74, 6) is -0.356. The van der Waals surface area contributed by atoms with E-state index in [9.17, 15) is 9.90 Å². The van der Waals surface area contributed by atoms with Crippen LogP contribution in [0.5, 0.6) is 0 Å². The average Bonchev–Trinajstić information content (AvgIpc) is 3.58. The lowest BCUT2D eigenvalue weighted by Gasteiger charge is -2.26. The van der Waals surface area contributed by atoms with Gasteiger partial charge in [0.05, 0.1) is 6.10 Å². The smallest absolute Gasteiger partial charge is 0.325 e. The van der Waals surface area contributed by atoms with Gasteiger partial charge in [-0.05, 0) is 81.9 Å². The molecule has 1 saturated heterocycles. The summed E-state index contributed by atoms with van der Waals surface area (Å²) in [6, 6.07) is 7.65. The number of carboxylic acid groups (broad SMARTS) is 1.